The number of fused-ring (bicyclic) bond motifs is 1. The van der Waals surface area contributed by atoms with Crippen LogP contribution in [0.3, 0.4) is 0 Å². The van der Waals surface area contributed by atoms with Crippen LogP contribution in [0.15, 0.2) is 47.0 Å². The Morgan fingerprint density at radius 1 is 1.30 bits per heavy atom. The standard InChI is InChI=1S/C16H12N2O2/c1-19-15-9-13-12(7-8-17)16(20-14(13)10-18-15)11-5-3-2-4-6-11/h2-6,9-10H,7H2,1H3. The largest absolute Gasteiger partial charge is 0.481 e. The van der Waals surface area contributed by atoms with Gasteiger partial charge in [0.25, 0.3) is 0 Å². The number of rotatable bonds is 3. The molecule has 0 aliphatic rings. The van der Waals surface area contributed by atoms with Crippen LogP contribution in [-0.4, -0.2) is 12.1 Å². The van der Waals surface area contributed by atoms with Crippen molar-refractivity contribution in [2.45, 2.75) is 6.42 Å². The monoisotopic (exact) mass is 264 g/mol. The average Bonchev–Trinajstić information content (AvgIpc) is 2.86. The third kappa shape index (κ3) is 1.99. The molecule has 0 aliphatic heterocycles. The van der Waals surface area contributed by atoms with Gasteiger partial charge in [-0.1, -0.05) is 30.3 Å². The third-order valence-electron chi connectivity index (χ3n) is 3.15. The Hall–Kier alpha value is -2.80. The Morgan fingerprint density at radius 2 is 2.10 bits per heavy atom. The lowest BCUT2D eigenvalue weighted by Gasteiger charge is -1.99. The number of pyridine rings is 1. The van der Waals surface area contributed by atoms with Gasteiger partial charge in [-0.25, -0.2) is 4.98 Å². The number of ether oxygens (including phenoxy) is 1. The van der Waals surface area contributed by atoms with E-state index in [4.69, 9.17) is 14.4 Å². The molecule has 3 aromatic rings. The van der Waals surface area contributed by atoms with Gasteiger partial charge < -0.3 is 9.15 Å². The Morgan fingerprint density at radius 3 is 2.80 bits per heavy atom. The van der Waals surface area contributed by atoms with E-state index in [2.05, 4.69) is 11.1 Å². The molecule has 0 unspecified atom stereocenters. The highest BCUT2D eigenvalue weighted by molar-refractivity contribution is 5.88. The number of aromatic nitrogens is 1. The van der Waals surface area contributed by atoms with Crippen molar-refractivity contribution in [1.82, 2.24) is 4.98 Å². The van der Waals surface area contributed by atoms with E-state index in [1.807, 2.05) is 30.3 Å². The quantitative estimate of drug-likeness (QED) is 0.725. The maximum absolute atomic E-state index is 9.06. The summed E-state index contributed by atoms with van der Waals surface area (Å²) in [4.78, 5) is 4.13. The highest BCUT2D eigenvalue weighted by Crippen LogP contribution is 2.34. The zero-order chi connectivity index (χ0) is 13.9. The second-order valence-electron chi connectivity index (χ2n) is 4.33. The molecule has 0 bridgehead atoms. The van der Waals surface area contributed by atoms with Crippen LogP contribution in [0.25, 0.3) is 22.3 Å². The van der Waals surface area contributed by atoms with Crippen molar-refractivity contribution in [3.8, 4) is 23.3 Å². The van der Waals surface area contributed by atoms with Crippen molar-refractivity contribution in [3.05, 3.63) is 48.2 Å². The lowest BCUT2D eigenvalue weighted by molar-refractivity contribution is 0.398. The maximum Gasteiger partial charge on any atom is 0.213 e. The highest BCUT2D eigenvalue weighted by atomic mass is 16.5. The molecule has 0 spiro atoms. The molecule has 0 N–H and O–H groups in total. The Bertz CT molecular complexity index is 785. The molecule has 4 heteroatoms. The molecule has 2 aromatic heterocycles. The van der Waals surface area contributed by atoms with Gasteiger partial charge in [-0.05, 0) is 0 Å². The summed E-state index contributed by atoms with van der Waals surface area (Å²) in [6, 6.07) is 13.7. The molecule has 0 atom stereocenters. The number of nitrogens with zero attached hydrogens (tertiary/aromatic N) is 2. The summed E-state index contributed by atoms with van der Waals surface area (Å²) in [6.45, 7) is 0. The van der Waals surface area contributed by atoms with Gasteiger partial charge in [0.15, 0.2) is 5.58 Å². The number of benzene rings is 1. The SMILES string of the molecule is COc1cc2c(CC#N)c(-c3ccccc3)oc2cn1. The molecule has 0 amide bonds. The van der Waals surface area contributed by atoms with Crippen LogP contribution < -0.4 is 4.74 Å². The molecule has 0 saturated heterocycles. The summed E-state index contributed by atoms with van der Waals surface area (Å²) in [7, 11) is 1.57. The van der Waals surface area contributed by atoms with Crippen LogP contribution in [-0.2, 0) is 6.42 Å². The topological polar surface area (TPSA) is 59.0 Å². The fraction of sp³-hybridized carbons (Fsp3) is 0.125. The lowest BCUT2D eigenvalue weighted by Crippen LogP contribution is -1.87. The minimum absolute atomic E-state index is 0.282. The van der Waals surface area contributed by atoms with Crippen molar-refractivity contribution < 1.29 is 9.15 Å². The second kappa shape index (κ2) is 5.06. The van der Waals surface area contributed by atoms with Crippen LogP contribution in [0, 0.1) is 11.3 Å². The minimum atomic E-state index is 0.282. The number of nitriles is 1. The van der Waals surface area contributed by atoms with Crippen LogP contribution in [0.4, 0.5) is 0 Å². The molecular formula is C16H12N2O2. The highest BCUT2D eigenvalue weighted by Gasteiger charge is 2.16. The smallest absolute Gasteiger partial charge is 0.213 e. The van der Waals surface area contributed by atoms with Gasteiger partial charge in [0.1, 0.15) is 5.76 Å². The van der Waals surface area contributed by atoms with Crippen LogP contribution in [0.1, 0.15) is 5.56 Å². The summed E-state index contributed by atoms with van der Waals surface area (Å²) >= 11 is 0. The first-order chi connectivity index (χ1) is 9.83. The molecule has 98 valence electrons. The number of hydrogen-bond acceptors (Lipinski definition) is 4. The fourth-order valence-corrected chi connectivity index (χ4v) is 2.22. The van der Waals surface area contributed by atoms with Crippen molar-refractivity contribution >= 4 is 11.0 Å². The predicted octanol–water partition coefficient (Wildman–Crippen LogP) is 3.57. The van der Waals surface area contributed by atoms with E-state index in [1.165, 1.54) is 0 Å². The predicted molar refractivity (Wildman–Crippen MR) is 75.3 cm³/mol. The lowest BCUT2D eigenvalue weighted by atomic mass is 10.0. The molecule has 0 aliphatic carbocycles. The van der Waals surface area contributed by atoms with E-state index < -0.39 is 0 Å². The first-order valence-corrected chi connectivity index (χ1v) is 6.21. The second-order valence-corrected chi connectivity index (χ2v) is 4.33. The van der Waals surface area contributed by atoms with Gasteiger partial charge in [0, 0.05) is 22.6 Å². The molecule has 1 aromatic carbocycles. The first-order valence-electron chi connectivity index (χ1n) is 6.21. The molecule has 3 rings (SSSR count). The summed E-state index contributed by atoms with van der Waals surface area (Å²) in [6.07, 6.45) is 1.91. The Labute approximate surface area is 116 Å². The first kappa shape index (κ1) is 12.2. The zero-order valence-electron chi connectivity index (χ0n) is 11.0. The van der Waals surface area contributed by atoms with Crippen molar-refractivity contribution in [2.75, 3.05) is 7.11 Å². The van der Waals surface area contributed by atoms with Crippen LogP contribution in [0.2, 0.25) is 0 Å². The molecule has 20 heavy (non-hydrogen) atoms. The minimum Gasteiger partial charge on any atom is -0.481 e. The van der Waals surface area contributed by atoms with Gasteiger partial charge in [-0.15, -0.1) is 0 Å². The molecule has 4 nitrogen and oxygen atoms in total. The van der Waals surface area contributed by atoms with E-state index in [1.54, 1.807) is 19.4 Å². The van der Waals surface area contributed by atoms with Crippen molar-refractivity contribution in [1.29, 1.82) is 5.26 Å². The van der Waals surface area contributed by atoms with Gasteiger partial charge in [-0.2, -0.15) is 5.26 Å². The maximum atomic E-state index is 9.06. The van der Waals surface area contributed by atoms with Gasteiger partial charge in [-0.3, -0.25) is 0 Å². The van der Waals surface area contributed by atoms with E-state index in [0.717, 1.165) is 22.3 Å². The van der Waals surface area contributed by atoms with Crippen LogP contribution in [0.5, 0.6) is 5.88 Å². The van der Waals surface area contributed by atoms with Crippen molar-refractivity contribution in [3.63, 3.8) is 0 Å². The van der Waals surface area contributed by atoms with Gasteiger partial charge in [0.2, 0.25) is 5.88 Å². The number of furan rings is 1. The average molecular weight is 264 g/mol. The Kier molecular flexibility index (Phi) is 3.10. The normalized spacial score (nSPS) is 10.4. The van der Waals surface area contributed by atoms with E-state index in [0.29, 0.717) is 11.5 Å². The molecule has 0 fully saturated rings. The fourth-order valence-electron chi connectivity index (χ4n) is 2.22. The van der Waals surface area contributed by atoms with Gasteiger partial charge >= 0.3 is 0 Å². The van der Waals surface area contributed by atoms with Crippen molar-refractivity contribution in [2.24, 2.45) is 0 Å². The van der Waals surface area contributed by atoms with E-state index in [-0.39, 0.29) is 6.42 Å². The summed E-state index contributed by atoms with van der Waals surface area (Å²) in [5.74, 6) is 1.23. The van der Waals surface area contributed by atoms with Gasteiger partial charge in [0.05, 0.1) is 25.8 Å². The molecule has 2 heterocycles. The Balaban J connectivity index is 2.27. The summed E-state index contributed by atoms with van der Waals surface area (Å²) in [5, 5.41) is 9.93. The third-order valence-corrected chi connectivity index (χ3v) is 3.15. The van der Waals surface area contributed by atoms with E-state index in [9.17, 15) is 0 Å². The number of hydrogen-bond donors (Lipinski definition) is 0. The zero-order valence-corrected chi connectivity index (χ0v) is 11.0. The molecular weight excluding hydrogens is 252 g/mol. The molecule has 0 radical (unpaired) electrons. The molecule has 0 saturated carbocycles. The number of methoxy groups -OCH3 is 1. The van der Waals surface area contributed by atoms with E-state index >= 15 is 0 Å². The summed E-state index contributed by atoms with van der Waals surface area (Å²) < 4.78 is 11.0. The summed E-state index contributed by atoms with van der Waals surface area (Å²) in [5.41, 5.74) is 2.48. The van der Waals surface area contributed by atoms with Crippen LogP contribution >= 0.6 is 0 Å².